The van der Waals surface area contributed by atoms with Gasteiger partial charge in [0.25, 0.3) is 0 Å². The number of methoxy groups -OCH3 is 2. The number of likely N-dealkylation sites (tertiary alicyclic amines) is 2. The second kappa shape index (κ2) is 32.5. The number of carboxylic acid groups (broad SMARTS) is 1. The Morgan fingerprint density at radius 3 is 2.06 bits per heavy atom. The molecule has 0 aromatic heterocycles. The number of aliphatic carboxylic acids is 1. The molecule has 0 aliphatic carbocycles. The minimum absolute atomic E-state index is 0.0821. The van der Waals surface area contributed by atoms with Crippen LogP contribution in [-0.4, -0.2) is 156 Å². The highest BCUT2D eigenvalue weighted by Gasteiger charge is 2.47. The molecule has 2 heterocycles. The summed E-state index contributed by atoms with van der Waals surface area (Å²) in [5, 5.41) is 16.0. The van der Waals surface area contributed by atoms with E-state index in [-0.39, 0.29) is 84.3 Å². The number of rotatable bonds is 35. The van der Waals surface area contributed by atoms with E-state index < -0.39 is 66.1 Å². The first kappa shape index (κ1) is 68.4. The molecule has 10 atom stereocenters. The number of nitrogens with one attached hydrogen (secondary N) is 2. The highest BCUT2D eigenvalue weighted by Crippen LogP contribution is 2.40. The average Bonchev–Trinajstić information content (AvgIpc) is 4.04. The number of hydrogen-bond acceptors (Lipinski definition) is 10. The average molecular weight is 1110 g/mol. The molecule has 79 heavy (non-hydrogen) atoms. The van der Waals surface area contributed by atoms with E-state index in [1.807, 2.05) is 59.7 Å². The van der Waals surface area contributed by atoms with Crippen molar-refractivity contribution >= 4 is 47.3 Å². The van der Waals surface area contributed by atoms with Gasteiger partial charge in [-0.3, -0.25) is 38.5 Å². The molecule has 2 saturated heterocycles. The maximum Gasteiger partial charge on any atom is 0.326 e. The zero-order valence-electron chi connectivity index (χ0n) is 51.4. The van der Waals surface area contributed by atoms with E-state index in [1.165, 1.54) is 24.0 Å². The van der Waals surface area contributed by atoms with Crippen LogP contribution in [0.5, 0.6) is 0 Å². The van der Waals surface area contributed by atoms with E-state index in [4.69, 9.17) is 9.47 Å². The lowest BCUT2D eigenvalue weighted by atomic mass is 9.74. The standard InChI is InChI=1S/C62H104N6O11/c1-17-21-24-32-62(11,12)46-37-51(70)68(59(46)74)33-25-22-23-31-50(69)65(13)54(40(7)8)58(73)64-53(39(5)6)60(75)66(14)55(41(9)18-2)49(78-15)38-52(71)67-34-27-30-48(67)56(79-16)42(10)57(72)63-47(61(76)77)36-43-28-26-29-45(35-43)44(19-3)20-4/h26,28-29,35,39-42,44,46-49,53-56H,17-25,27,30-34,36-38H2,1-16H3,(H,63,72)(H,64,73)(H,76,77)/t41-,42+,46?,47-,48-,49+,53-,54-,55-,56+/m0/s1. The molecule has 17 heteroatoms. The predicted octanol–water partition coefficient (Wildman–Crippen LogP) is 8.79. The van der Waals surface area contributed by atoms with Gasteiger partial charge in [0.15, 0.2) is 0 Å². The summed E-state index contributed by atoms with van der Waals surface area (Å²) >= 11 is 0. The van der Waals surface area contributed by atoms with E-state index in [9.17, 15) is 43.5 Å². The molecule has 2 aliphatic rings. The summed E-state index contributed by atoms with van der Waals surface area (Å²) in [5.74, 6) is -4.70. The van der Waals surface area contributed by atoms with Gasteiger partial charge in [0.1, 0.15) is 18.1 Å². The molecule has 0 radical (unpaired) electrons. The Bertz CT molecular complexity index is 2160. The first-order chi connectivity index (χ1) is 37.3. The fourth-order valence-electron chi connectivity index (χ4n) is 12.3. The molecular weight excluding hydrogens is 1000 g/mol. The number of unbranched alkanes of at least 4 members (excludes halogenated alkanes) is 4. The first-order valence-corrected chi connectivity index (χ1v) is 29.9. The normalized spacial score (nSPS) is 19.0. The van der Waals surface area contributed by atoms with Crippen LogP contribution in [-0.2, 0) is 54.3 Å². The quantitative estimate of drug-likeness (QED) is 0.0432. The monoisotopic (exact) mass is 1110 g/mol. The maximum absolute atomic E-state index is 14.7. The van der Waals surface area contributed by atoms with Crippen LogP contribution in [0.25, 0.3) is 0 Å². The summed E-state index contributed by atoms with van der Waals surface area (Å²) in [6.45, 7) is 24.4. The third-order valence-electron chi connectivity index (χ3n) is 17.5. The summed E-state index contributed by atoms with van der Waals surface area (Å²) in [6, 6.07) is 3.77. The van der Waals surface area contributed by atoms with Gasteiger partial charge in [0.05, 0.1) is 42.5 Å². The van der Waals surface area contributed by atoms with Gasteiger partial charge in [-0.2, -0.15) is 0 Å². The Balaban J connectivity index is 1.69. The molecule has 3 rings (SSSR count). The lowest BCUT2D eigenvalue weighted by Crippen LogP contribution is -2.60. The van der Waals surface area contributed by atoms with Gasteiger partial charge in [0.2, 0.25) is 41.4 Å². The summed E-state index contributed by atoms with van der Waals surface area (Å²) in [6.07, 6.45) is 8.56. The lowest BCUT2D eigenvalue weighted by Gasteiger charge is -2.41. The largest absolute Gasteiger partial charge is 0.480 e. The van der Waals surface area contributed by atoms with Crippen LogP contribution in [0, 0.1) is 35.0 Å². The number of imide groups is 1. The fraction of sp³-hybridized carbons (Fsp3) is 0.774. The molecule has 0 spiro atoms. The Morgan fingerprint density at radius 2 is 1.49 bits per heavy atom. The number of carbonyl (C=O) groups excluding carboxylic acids is 7. The number of likely N-dealkylation sites (N-methyl/N-ethyl adjacent to an activating group) is 2. The number of nitrogens with zero attached hydrogens (tertiary/aromatic N) is 4. The molecule has 0 saturated carbocycles. The molecule has 1 aromatic rings. The third kappa shape index (κ3) is 18.6. The van der Waals surface area contributed by atoms with Gasteiger partial charge >= 0.3 is 5.97 Å². The fourth-order valence-corrected chi connectivity index (χ4v) is 12.3. The van der Waals surface area contributed by atoms with E-state index in [1.54, 1.807) is 30.8 Å². The number of carboxylic acids is 1. The van der Waals surface area contributed by atoms with Crippen LogP contribution in [0.3, 0.4) is 0 Å². The summed E-state index contributed by atoms with van der Waals surface area (Å²) in [5.41, 5.74) is 1.70. The van der Waals surface area contributed by atoms with Crippen LogP contribution in [0.15, 0.2) is 24.3 Å². The molecule has 2 fully saturated rings. The van der Waals surface area contributed by atoms with E-state index in [0.717, 1.165) is 49.7 Å². The predicted molar refractivity (Wildman–Crippen MR) is 309 cm³/mol. The second-order valence-electron chi connectivity index (χ2n) is 24.3. The van der Waals surface area contributed by atoms with Crippen molar-refractivity contribution in [2.45, 2.75) is 234 Å². The van der Waals surface area contributed by atoms with Gasteiger partial charge in [-0.1, -0.05) is 139 Å². The highest BCUT2D eigenvalue weighted by atomic mass is 16.5. The van der Waals surface area contributed by atoms with Gasteiger partial charge in [-0.25, -0.2) is 4.79 Å². The minimum Gasteiger partial charge on any atom is -0.480 e. The van der Waals surface area contributed by atoms with Crippen molar-refractivity contribution in [1.29, 1.82) is 0 Å². The second-order valence-corrected chi connectivity index (χ2v) is 24.3. The molecule has 448 valence electrons. The third-order valence-corrected chi connectivity index (χ3v) is 17.5. The summed E-state index contributed by atoms with van der Waals surface area (Å²) < 4.78 is 12.1. The first-order valence-electron chi connectivity index (χ1n) is 29.9. The van der Waals surface area contributed by atoms with E-state index in [0.29, 0.717) is 57.5 Å². The molecule has 1 aromatic carbocycles. The van der Waals surface area contributed by atoms with Crippen LogP contribution in [0.2, 0.25) is 0 Å². The Labute approximate surface area is 474 Å². The van der Waals surface area contributed by atoms with Crippen LogP contribution in [0.1, 0.15) is 196 Å². The van der Waals surface area contributed by atoms with Crippen molar-refractivity contribution in [2.75, 3.05) is 41.4 Å². The maximum atomic E-state index is 14.7. The van der Waals surface area contributed by atoms with Crippen LogP contribution >= 0.6 is 0 Å². The number of carbonyl (C=O) groups is 8. The number of benzene rings is 1. The number of ether oxygens (including phenoxy) is 2. The van der Waals surface area contributed by atoms with E-state index >= 15 is 0 Å². The van der Waals surface area contributed by atoms with Crippen molar-refractivity contribution < 1.29 is 52.9 Å². The minimum atomic E-state index is -1.18. The topological polar surface area (TPSA) is 212 Å². The van der Waals surface area contributed by atoms with Gasteiger partial charge in [0, 0.05) is 60.7 Å². The van der Waals surface area contributed by atoms with E-state index in [2.05, 4.69) is 51.3 Å². The molecule has 7 amide bonds. The molecule has 17 nitrogen and oxygen atoms in total. The van der Waals surface area contributed by atoms with Crippen molar-refractivity contribution in [3.8, 4) is 0 Å². The number of hydrogen-bond donors (Lipinski definition) is 3. The SMILES string of the molecule is CCCCCC(C)(C)C1CC(=O)N(CCCCCC(=O)N(C)[C@H](C(=O)N[C@H](C(=O)N(C)[C@@H]([C@@H](C)CC)[C@@H](CC(=O)N2CCC[C@H]2[C@H](OC)[C@@H](C)C(=O)N[C@@H](Cc2cccc(C(CC)CC)c2)C(=O)O)OC)C(C)C)C(C)C)C1=O. The lowest BCUT2D eigenvalue weighted by molar-refractivity contribution is -0.149. The van der Waals surface area contributed by atoms with Crippen molar-refractivity contribution in [1.82, 2.24) is 30.2 Å². The Hall–Kier alpha value is -4.90. The van der Waals surface area contributed by atoms with Gasteiger partial charge in [-0.15, -0.1) is 0 Å². The Kier molecular flexibility index (Phi) is 28.1. The molecular formula is C62H104N6O11. The van der Waals surface area contributed by atoms with Gasteiger partial charge < -0.3 is 39.9 Å². The molecule has 1 unspecified atom stereocenters. The molecule has 0 bridgehead atoms. The zero-order valence-corrected chi connectivity index (χ0v) is 51.4. The molecule has 2 aliphatic heterocycles. The zero-order chi connectivity index (χ0) is 59.5. The van der Waals surface area contributed by atoms with Crippen LogP contribution in [0.4, 0.5) is 0 Å². The van der Waals surface area contributed by atoms with Crippen molar-refractivity contribution in [2.24, 2.45) is 35.0 Å². The summed E-state index contributed by atoms with van der Waals surface area (Å²) in [4.78, 5) is 116. The van der Waals surface area contributed by atoms with Crippen molar-refractivity contribution in [3.05, 3.63) is 35.4 Å². The van der Waals surface area contributed by atoms with Crippen LogP contribution < -0.4 is 10.6 Å². The summed E-state index contributed by atoms with van der Waals surface area (Å²) in [7, 11) is 6.29. The Morgan fingerprint density at radius 1 is 0.823 bits per heavy atom. The molecule has 3 N–H and O–H groups in total. The van der Waals surface area contributed by atoms with Gasteiger partial charge in [-0.05, 0) is 85.2 Å². The smallest absolute Gasteiger partial charge is 0.326 e. The highest BCUT2D eigenvalue weighted by molar-refractivity contribution is 6.04. The number of amides is 7. The van der Waals surface area contributed by atoms with Crippen molar-refractivity contribution in [3.63, 3.8) is 0 Å².